The van der Waals surface area contributed by atoms with Crippen molar-refractivity contribution in [1.29, 1.82) is 0 Å². The van der Waals surface area contributed by atoms with Gasteiger partial charge in [0.25, 0.3) is 0 Å². The maximum Gasteiger partial charge on any atom is 0.342 e. The van der Waals surface area contributed by atoms with Gasteiger partial charge >= 0.3 is 22.1 Å². The van der Waals surface area contributed by atoms with Crippen molar-refractivity contribution < 1.29 is 26.9 Å². The highest BCUT2D eigenvalue weighted by Crippen LogP contribution is 2.27. The van der Waals surface area contributed by atoms with Crippen LogP contribution in [-0.4, -0.2) is 27.0 Å². The monoisotopic (exact) mass is 468 g/mol. The molecule has 0 radical (unpaired) electrons. The van der Waals surface area contributed by atoms with Crippen molar-refractivity contribution in [2.24, 2.45) is 0 Å². The number of carbonyl (C=O) groups is 2. The van der Waals surface area contributed by atoms with Gasteiger partial charge in [-0.25, -0.2) is 9.59 Å². The van der Waals surface area contributed by atoms with Gasteiger partial charge in [-0.3, -0.25) is 0 Å². The molecule has 33 heavy (non-hydrogen) atoms. The molecule has 0 aromatic heterocycles. The summed E-state index contributed by atoms with van der Waals surface area (Å²) in [6, 6.07) is 18.4. The predicted octanol–water partition coefficient (Wildman–Crippen LogP) is 4.97. The van der Waals surface area contributed by atoms with E-state index in [1.54, 1.807) is 36.4 Å². The van der Waals surface area contributed by atoms with Crippen molar-refractivity contribution in [2.75, 3.05) is 17.2 Å². The topological polar surface area (TPSA) is 111 Å². The van der Waals surface area contributed by atoms with E-state index in [0.717, 1.165) is 5.56 Å². The fourth-order valence-electron chi connectivity index (χ4n) is 2.80. The van der Waals surface area contributed by atoms with Gasteiger partial charge in [-0.05, 0) is 55.8 Å². The van der Waals surface area contributed by atoms with Crippen LogP contribution in [0.25, 0.3) is 0 Å². The maximum absolute atomic E-state index is 12.7. The Morgan fingerprint density at radius 1 is 0.879 bits per heavy atom. The van der Waals surface area contributed by atoms with E-state index in [9.17, 15) is 18.0 Å². The van der Waals surface area contributed by atoms with E-state index in [4.69, 9.17) is 8.92 Å². The predicted molar refractivity (Wildman–Crippen MR) is 125 cm³/mol. The fourth-order valence-corrected chi connectivity index (χ4v) is 3.75. The molecule has 0 spiro atoms. The Balaban J connectivity index is 1.85. The number of amides is 2. The first-order chi connectivity index (χ1) is 15.8. The third kappa shape index (κ3) is 6.56. The molecule has 8 nitrogen and oxygen atoms in total. The first kappa shape index (κ1) is 23.8. The molecule has 172 valence electrons. The summed E-state index contributed by atoms with van der Waals surface area (Å²) in [5.74, 6) is -0.969. The summed E-state index contributed by atoms with van der Waals surface area (Å²) in [6.07, 6.45) is 0.584. The molecule has 0 unspecified atom stereocenters. The van der Waals surface area contributed by atoms with Crippen molar-refractivity contribution in [3.8, 4) is 5.75 Å². The standard InChI is InChI=1S/C24H24N2O6S/c1-3-15-31-23(27)21-16-19(26-24(28)25-18-7-5-4-6-8-18)11-14-22(21)32-33(29,30)20-12-9-17(2)10-13-20/h4-14,16H,3,15H2,1-2H3,(H2,25,26,28). The molecule has 0 aliphatic rings. The zero-order valence-electron chi connectivity index (χ0n) is 18.2. The number of carbonyl (C=O) groups excluding carboxylic acids is 2. The van der Waals surface area contributed by atoms with Crippen LogP contribution in [0.2, 0.25) is 0 Å². The number of ether oxygens (including phenoxy) is 1. The molecule has 0 saturated carbocycles. The van der Waals surface area contributed by atoms with Crippen LogP contribution in [0, 0.1) is 6.92 Å². The second-order valence-corrected chi connectivity index (χ2v) is 8.69. The summed E-state index contributed by atoms with van der Waals surface area (Å²) in [4.78, 5) is 24.8. The molecule has 3 aromatic rings. The molecule has 0 saturated heterocycles. The van der Waals surface area contributed by atoms with Crippen molar-refractivity contribution >= 4 is 33.5 Å². The Morgan fingerprint density at radius 3 is 2.21 bits per heavy atom. The van der Waals surface area contributed by atoms with Crippen LogP contribution in [0.3, 0.4) is 0 Å². The first-order valence-corrected chi connectivity index (χ1v) is 11.6. The molecular weight excluding hydrogens is 444 g/mol. The molecule has 2 N–H and O–H groups in total. The Morgan fingerprint density at radius 2 is 1.55 bits per heavy atom. The Kier molecular flexibility index (Phi) is 7.68. The van der Waals surface area contributed by atoms with Crippen molar-refractivity contribution in [3.05, 3.63) is 83.9 Å². The van der Waals surface area contributed by atoms with E-state index < -0.39 is 22.1 Å². The number of esters is 1. The lowest BCUT2D eigenvalue weighted by Crippen LogP contribution is -2.20. The van der Waals surface area contributed by atoms with Crippen molar-refractivity contribution in [3.63, 3.8) is 0 Å². The Hall–Kier alpha value is -3.85. The normalized spacial score (nSPS) is 10.8. The summed E-state index contributed by atoms with van der Waals surface area (Å²) in [7, 11) is -4.19. The average Bonchev–Trinajstić information content (AvgIpc) is 2.79. The smallest absolute Gasteiger partial charge is 0.342 e. The van der Waals surface area contributed by atoms with Gasteiger partial charge in [-0.1, -0.05) is 42.8 Å². The summed E-state index contributed by atoms with van der Waals surface area (Å²) in [5.41, 5.74) is 1.60. The third-order valence-electron chi connectivity index (χ3n) is 4.44. The number of para-hydroxylation sites is 1. The highest BCUT2D eigenvalue weighted by atomic mass is 32.2. The average molecular weight is 469 g/mol. The van der Waals surface area contributed by atoms with E-state index in [0.29, 0.717) is 12.1 Å². The van der Waals surface area contributed by atoms with E-state index in [2.05, 4.69) is 10.6 Å². The molecule has 0 aliphatic carbocycles. The van der Waals surface area contributed by atoms with Gasteiger partial charge < -0.3 is 19.6 Å². The van der Waals surface area contributed by atoms with Crippen molar-refractivity contribution in [2.45, 2.75) is 25.2 Å². The lowest BCUT2D eigenvalue weighted by atomic mass is 10.2. The molecule has 3 rings (SSSR count). The number of aryl methyl sites for hydroxylation is 1. The number of hydrogen-bond donors (Lipinski definition) is 2. The minimum Gasteiger partial charge on any atom is -0.462 e. The second-order valence-electron chi connectivity index (χ2n) is 7.14. The molecule has 0 heterocycles. The minimum atomic E-state index is -4.19. The Bertz CT molecular complexity index is 1230. The number of nitrogens with one attached hydrogen (secondary N) is 2. The van der Waals surface area contributed by atoms with E-state index in [-0.39, 0.29) is 28.5 Å². The SMILES string of the molecule is CCCOC(=O)c1cc(NC(=O)Nc2ccccc2)ccc1OS(=O)(=O)c1ccc(C)cc1. The fraction of sp³-hybridized carbons (Fsp3) is 0.167. The number of anilines is 2. The van der Waals surface area contributed by atoms with Gasteiger partial charge in [0.1, 0.15) is 10.5 Å². The van der Waals surface area contributed by atoms with Crippen LogP contribution in [0.15, 0.2) is 77.7 Å². The largest absolute Gasteiger partial charge is 0.462 e. The first-order valence-electron chi connectivity index (χ1n) is 10.2. The van der Waals surface area contributed by atoms with Gasteiger partial charge in [-0.2, -0.15) is 8.42 Å². The summed E-state index contributed by atoms with van der Waals surface area (Å²) in [5, 5.41) is 5.27. The van der Waals surface area contributed by atoms with Crippen LogP contribution < -0.4 is 14.8 Å². The van der Waals surface area contributed by atoms with Crippen LogP contribution in [-0.2, 0) is 14.9 Å². The van der Waals surface area contributed by atoms with Crippen LogP contribution in [0.1, 0.15) is 29.3 Å². The quantitative estimate of drug-likeness (QED) is 0.357. The summed E-state index contributed by atoms with van der Waals surface area (Å²) in [6.45, 7) is 3.81. The molecule has 0 bridgehead atoms. The van der Waals surface area contributed by atoms with Crippen LogP contribution >= 0.6 is 0 Å². The third-order valence-corrected chi connectivity index (χ3v) is 5.68. The zero-order chi connectivity index (χ0) is 23.8. The maximum atomic E-state index is 12.7. The van der Waals surface area contributed by atoms with E-state index in [1.807, 2.05) is 19.9 Å². The van der Waals surface area contributed by atoms with Gasteiger partial charge in [-0.15, -0.1) is 0 Å². The molecule has 0 aliphatic heterocycles. The van der Waals surface area contributed by atoms with Gasteiger partial charge in [0.2, 0.25) is 0 Å². The van der Waals surface area contributed by atoms with Gasteiger partial charge in [0.05, 0.1) is 6.61 Å². The highest BCUT2D eigenvalue weighted by Gasteiger charge is 2.23. The minimum absolute atomic E-state index is 0.0505. The lowest BCUT2D eigenvalue weighted by Gasteiger charge is -2.14. The van der Waals surface area contributed by atoms with E-state index in [1.165, 1.54) is 30.3 Å². The molecule has 0 fully saturated rings. The van der Waals surface area contributed by atoms with Crippen molar-refractivity contribution in [1.82, 2.24) is 0 Å². The lowest BCUT2D eigenvalue weighted by molar-refractivity contribution is 0.0503. The van der Waals surface area contributed by atoms with Gasteiger partial charge in [0.15, 0.2) is 5.75 Å². The number of benzene rings is 3. The molecule has 0 atom stereocenters. The van der Waals surface area contributed by atoms with Crippen LogP contribution in [0.5, 0.6) is 5.75 Å². The summed E-state index contributed by atoms with van der Waals surface area (Å²) < 4.78 is 35.9. The Labute approximate surface area is 192 Å². The van der Waals surface area contributed by atoms with E-state index >= 15 is 0 Å². The van der Waals surface area contributed by atoms with Gasteiger partial charge in [0, 0.05) is 11.4 Å². The number of rotatable bonds is 8. The number of urea groups is 1. The molecular formula is C24H24N2O6S. The number of hydrogen-bond acceptors (Lipinski definition) is 6. The zero-order valence-corrected chi connectivity index (χ0v) is 19.0. The second kappa shape index (κ2) is 10.6. The molecule has 3 aromatic carbocycles. The molecule has 2 amide bonds. The molecule has 9 heteroatoms. The highest BCUT2D eigenvalue weighted by molar-refractivity contribution is 7.87. The summed E-state index contributed by atoms with van der Waals surface area (Å²) >= 11 is 0. The van der Waals surface area contributed by atoms with Crippen LogP contribution in [0.4, 0.5) is 16.2 Å².